The SMILES string of the molecule is CCCCC/C=C\C=C\C(=O)CCCCCCCC(=O)OC[C@H](CO)OC(=O)CCCCCCCCCCCCCCCCCCC. The molecule has 0 amide bonds. The lowest BCUT2D eigenvalue weighted by atomic mass is 10.0. The van der Waals surface area contributed by atoms with Gasteiger partial charge in [0.05, 0.1) is 6.61 Å². The predicted octanol–water partition coefficient (Wildman–Crippen LogP) is 11.5. The minimum atomic E-state index is -0.805. The van der Waals surface area contributed by atoms with Crippen molar-refractivity contribution < 1.29 is 29.0 Å². The summed E-state index contributed by atoms with van der Waals surface area (Å²) in [5, 5.41) is 9.54. The van der Waals surface area contributed by atoms with E-state index in [1.54, 1.807) is 6.08 Å². The molecule has 274 valence electrons. The summed E-state index contributed by atoms with van der Waals surface area (Å²) < 4.78 is 10.6. The van der Waals surface area contributed by atoms with Crippen molar-refractivity contribution in [2.24, 2.45) is 0 Å². The van der Waals surface area contributed by atoms with E-state index >= 15 is 0 Å². The zero-order chi connectivity index (χ0) is 34.5. The van der Waals surface area contributed by atoms with E-state index in [0.29, 0.717) is 19.3 Å². The lowest BCUT2D eigenvalue weighted by molar-refractivity contribution is -0.161. The van der Waals surface area contributed by atoms with Crippen LogP contribution >= 0.6 is 0 Å². The Kier molecular flexibility index (Phi) is 35.3. The molecule has 0 saturated carbocycles. The van der Waals surface area contributed by atoms with Gasteiger partial charge in [0, 0.05) is 19.3 Å². The number of carbonyl (C=O) groups excluding carboxylic acids is 3. The molecule has 0 unspecified atom stereocenters. The highest BCUT2D eigenvalue weighted by molar-refractivity contribution is 5.89. The van der Waals surface area contributed by atoms with Crippen molar-refractivity contribution in [2.45, 2.75) is 206 Å². The molecule has 0 aromatic heterocycles. The molecule has 0 saturated heterocycles. The number of aliphatic hydroxyl groups excluding tert-OH is 1. The Morgan fingerprint density at radius 1 is 0.532 bits per heavy atom. The summed E-state index contributed by atoms with van der Waals surface area (Å²) in [6.45, 7) is 3.99. The second-order valence-electron chi connectivity index (χ2n) is 13.4. The lowest BCUT2D eigenvalue weighted by Gasteiger charge is -2.15. The van der Waals surface area contributed by atoms with Crippen LogP contribution in [0, 0.1) is 0 Å². The largest absolute Gasteiger partial charge is 0.462 e. The average Bonchev–Trinajstić information content (AvgIpc) is 3.07. The maximum Gasteiger partial charge on any atom is 0.306 e. The number of allylic oxidation sites excluding steroid dienone is 4. The summed E-state index contributed by atoms with van der Waals surface area (Å²) >= 11 is 0. The van der Waals surface area contributed by atoms with Gasteiger partial charge in [-0.3, -0.25) is 14.4 Å². The minimum Gasteiger partial charge on any atom is -0.462 e. The first-order chi connectivity index (χ1) is 23.0. The fourth-order valence-corrected chi connectivity index (χ4v) is 5.65. The Labute approximate surface area is 289 Å². The number of hydrogen-bond acceptors (Lipinski definition) is 6. The molecule has 6 nitrogen and oxygen atoms in total. The van der Waals surface area contributed by atoms with Crippen molar-refractivity contribution in [1.82, 2.24) is 0 Å². The smallest absolute Gasteiger partial charge is 0.306 e. The van der Waals surface area contributed by atoms with E-state index in [1.807, 2.05) is 12.2 Å². The van der Waals surface area contributed by atoms with Crippen LogP contribution in [0.2, 0.25) is 0 Å². The molecule has 6 heteroatoms. The topological polar surface area (TPSA) is 89.9 Å². The van der Waals surface area contributed by atoms with Gasteiger partial charge in [-0.1, -0.05) is 167 Å². The maximum atomic E-state index is 12.2. The first-order valence-corrected chi connectivity index (χ1v) is 19.8. The number of unbranched alkanes of at least 4 members (excludes halogenated alkanes) is 23. The summed E-state index contributed by atoms with van der Waals surface area (Å²) in [4.78, 5) is 36.2. The molecule has 1 atom stereocenters. The third kappa shape index (κ3) is 35.2. The molecule has 0 aliphatic rings. The molecule has 47 heavy (non-hydrogen) atoms. The standard InChI is InChI=1S/C41H74O6/c1-3-5-7-9-11-12-13-14-15-16-17-18-19-20-22-26-31-35-41(45)47-39(36-42)37-46-40(44)34-30-27-23-25-29-33-38(43)32-28-24-21-10-8-6-4-2/h21,24,28,32,39,42H,3-20,22-23,25-27,29-31,33-37H2,1-2H3/b24-21-,32-28+/t39-/m0/s1. The van der Waals surface area contributed by atoms with Crippen molar-refractivity contribution in [3.63, 3.8) is 0 Å². The van der Waals surface area contributed by atoms with Crippen LogP contribution in [0.3, 0.4) is 0 Å². The number of ketones is 1. The number of aliphatic hydroxyl groups is 1. The molecular weight excluding hydrogens is 588 g/mol. The van der Waals surface area contributed by atoms with Crippen LogP contribution < -0.4 is 0 Å². The van der Waals surface area contributed by atoms with E-state index in [9.17, 15) is 19.5 Å². The van der Waals surface area contributed by atoms with Gasteiger partial charge in [-0.25, -0.2) is 0 Å². The van der Waals surface area contributed by atoms with Gasteiger partial charge in [-0.2, -0.15) is 0 Å². The molecule has 0 bridgehead atoms. The fourth-order valence-electron chi connectivity index (χ4n) is 5.65. The van der Waals surface area contributed by atoms with Crippen LogP contribution in [-0.4, -0.2) is 42.1 Å². The van der Waals surface area contributed by atoms with Gasteiger partial charge < -0.3 is 14.6 Å². The Bertz CT molecular complexity index is 774. The zero-order valence-corrected chi connectivity index (χ0v) is 30.8. The predicted molar refractivity (Wildman–Crippen MR) is 196 cm³/mol. The molecule has 0 aliphatic carbocycles. The van der Waals surface area contributed by atoms with Crippen LogP contribution in [-0.2, 0) is 23.9 Å². The van der Waals surface area contributed by atoms with Gasteiger partial charge in [-0.15, -0.1) is 0 Å². The maximum absolute atomic E-state index is 12.2. The zero-order valence-electron chi connectivity index (χ0n) is 30.8. The van der Waals surface area contributed by atoms with Crippen LogP contribution in [0.5, 0.6) is 0 Å². The molecule has 0 aromatic rings. The van der Waals surface area contributed by atoms with Gasteiger partial charge in [0.15, 0.2) is 11.9 Å². The Balaban J connectivity index is 3.61. The summed E-state index contributed by atoms with van der Waals surface area (Å²) in [5.41, 5.74) is 0. The van der Waals surface area contributed by atoms with E-state index in [2.05, 4.69) is 19.9 Å². The quantitative estimate of drug-likeness (QED) is 0.0311. The van der Waals surface area contributed by atoms with E-state index < -0.39 is 6.10 Å². The average molecular weight is 663 g/mol. The summed E-state index contributed by atoms with van der Waals surface area (Å²) in [6.07, 6.45) is 39.1. The minimum absolute atomic E-state index is 0.107. The lowest BCUT2D eigenvalue weighted by Crippen LogP contribution is -2.28. The number of ether oxygens (including phenoxy) is 2. The van der Waals surface area contributed by atoms with Crippen molar-refractivity contribution in [2.75, 3.05) is 13.2 Å². The first-order valence-electron chi connectivity index (χ1n) is 19.8. The monoisotopic (exact) mass is 663 g/mol. The van der Waals surface area contributed by atoms with Crippen LogP contribution in [0.4, 0.5) is 0 Å². The summed E-state index contributed by atoms with van der Waals surface area (Å²) in [6, 6.07) is 0. The van der Waals surface area contributed by atoms with Gasteiger partial charge in [0.1, 0.15) is 6.61 Å². The number of hydrogen-bond donors (Lipinski definition) is 1. The van der Waals surface area contributed by atoms with E-state index in [0.717, 1.165) is 57.8 Å². The Hall–Kier alpha value is -1.95. The number of carbonyl (C=O) groups is 3. The molecule has 0 radical (unpaired) electrons. The molecule has 1 N–H and O–H groups in total. The van der Waals surface area contributed by atoms with Gasteiger partial charge >= 0.3 is 11.9 Å². The van der Waals surface area contributed by atoms with Crippen molar-refractivity contribution >= 4 is 17.7 Å². The molecular formula is C41H74O6. The molecule has 0 aromatic carbocycles. The van der Waals surface area contributed by atoms with Gasteiger partial charge in [0.2, 0.25) is 0 Å². The highest BCUT2D eigenvalue weighted by Crippen LogP contribution is 2.15. The number of esters is 2. The second-order valence-corrected chi connectivity index (χ2v) is 13.4. The highest BCUT2D eigenvalue weighted by atomic mass is 16.6. The third-order valence-corrected chi connectivity index (χ3v) is 8.72. The summed E-state index contributed by atoms with van der Waals surface area (Å²) in [7, 11) is 0. The van der Waals surface area contributed by atoms with E-state index in [1.165, 1.54) is 109 Å². The van der Waals surface area contributed by atoms with Crippen molar-refractivity contribution in [3.05, 3.63) is 24.3 Å². The summed E-state index contributed by atoms with van der Waals surface area (Å²) in [5.74, 6) is -0.518. The van der Waals surface area contributed by atoms with Crippen LogP contribution in [0.25, 0.3) is 0 Å². The second kappa shape index (κ2) is 36.9. The van der Waals surface area contributed by atoms with Gasteiger partial charge in [-0.05, 0) is 38.2 Å². The van der Waals surface area contributed by atoms with Gasteiger partial charge in [0.25, 0.3) is 0 Å². The van der Waals surface area contributed by atoms with Crippen molar-refractivity contribution in [1.29, 1.82) is 0 Å². The Morgan fingerprint density at radius 3 is 1.45 bits per heavy atom. The van der Waals surface area contributed by atoms with E-state index in [4.69, 9.17) is 9.47 Å². The third-order valence-electron chi connectivity index (χ3n) is 8.72. The highest BCUT2D eigenvalue weighted by Gasteiger charge is 2.16. The fraction of sp³-hybridized carbons (Fsp3) is 0.829. The van der Waals surface area contributed by atoms with E-state index in [-0.39, 0.29) is 30.9 Å². The molecule has 0 rings (SSSR count). The normalized spacial score (nSPS) is 12.2. The first kappa shape index (κ1) is 45.0. The van der Waals surface area contributed by atoms with Crippen molar-refractivity contribution in [3.8, 4) is 0 Å². The molecule has 0 spiro atoms. The Morgan fingerprint density at radius 2 is 0.957 bits per heavy atom. The van der Waals surface area contributed by atoms with Crippen LogP contribution in [0.1, 0.15) is 200 Å². The van der Waals surface area contributed by atoms with Crippen LogP contribution in [0.15, 0.2) is 24.3 Å². The molecule has 0 heterocycles. The number of rotatable bonds is 36. The molecule has 0 aliphatic heterocycles. The molecule has 0 fully saturated rings.